The third kappa shape index (κ3) is 1.50. The summed E-state index contributed by atoms with van der Waals surface area (Å²) in [6.45, 7) is 3.55. The highest BCUT2D eigenvalue weighted by Gasteiger charge is 2.03. The van der Waals surface area contributed by atoms with Gasteiger partial charge in [0.2, 0.25) is 0 Å². The number of benzene rings is 1. The molecule has 0 aliphatic heterocycles. The molecule has 0 aliphatic rings. The van der Waals surface area contributed by atoms with Crippen LogP contribution in [0.5, 0.6) is 0 Å². The maximum Gasteiger partial charge on any atom is 0.143 e. The third-order valence-electron chi connectivity index (χ3n) is 1.04. The quantitative estimate of drug-likeness (QED) is 0.590. The van der Waals surface area contributed by atoms with E-state index in [2.05, 4.69) is 22.9 Å². The van der Waals surface area contributed by atoms with Gasteiger partial charge in [0, 0.05) is 4.47 Å². The molecular formula is C7H4BrClF. The van der Waals surface area contributed by atoms with Crippen LogP contribution in [-0.2, 0) is 0 Å². The Morgan fingerprint density at radius 2 is 2.10 bits per heavy atom. The summed E-state index contributed by atoms with van der Waals surface area (Å²) >= 11 is 8.58. The molecule has 1 rings (SSSR count). The lowest BCUT2D eigenvalue weighted by Crippen LogP contribution is -1.80. The van der Waals surface area contributed by atoms with Crippen LogP contribution in [-0.4, -0.2) is 0 Å². The number of rotatable bonds is 0. The van der Waals surface area contributed by atoms with E-state index in [4.69, 9.17) is 11.6 Å². The minimum atomic E-state index is -0.443. The Hall–Kier alpha value is -0.0800. The van der Waals surface area contributed by atoms with Crippen molar-refractivity contribution < 1.29 is 4.39 Å². The van der Waals surface area contributed by atoms with Crippen LogP contribution in [0.25, 0.3) is 0 Å². The summed E-state index contributed by atoms with van der Waals surface area (Å²) in [5.41, 5.74) is 0.605. The first-order chi connectivity index (χ1) is 4.61. The monoisotopic (exact) mass is 221 g/mol. The zero-order valence-electron chi connectivity index (χ0n) is 5.00. The van der Waals surface area contributed by atoms with Crippen LogP contribution >= 0.6 is 27.5 Å². The molecule has 0 saturated heterocycles. The van der Waals surface area contributed by atoms with Crippen LogP contribution < -0.4 is 0 Å². The molecule has 0 atom stereocenters. The lowest BCUT2D eigenvalue weighted by Gasteiger charge is -1.98. The smallest absolute Gasteiger partial charge is 0.143 e. The van der Waals surface area contributed by atoms with Gasteiger partial charge in [-0.25, -0.2) is 4.39 Å². The fourth-order valence-corrected chi connectivity index (χ4v) is 1.20. The molecular weight excluding hydrogens is 218 g/mol. The molecule has 0 amide bonds. The highest BCUT2D eigenvalue weighted by Crippen LogP contribution is 2.26. The van der Waals surface area contributed by atoms with Crippen molar-refractivity contribution >= 4 is 27.5 Å². The van der Waals surface area contributed by atoms with E-state index in [1.807, 2.05) is 0 Å². The summed E-state index contributed by atoms with van der Waals surface area (Å²) < 4.78 is 13.2. The van der Waals surface area contributed by atoms with Crippen LogP contribution in [0.15, 0.2) is 16.6 Å². The van der Waals surface area contributed by atoms with Gasteiger partial charge in [0.1, 0.15) is 5.82 Å². The molecule has 0 spiro atoms. The van der Waals surface area contributed by atoms with E-state index in [0.29, 0.717) is 10.0 Å². The van der Waals surface area contributed by atoms with Gasteiger partial charge in [-0.15, -0.1) is 0 Å². The van der Waals surface area contributed by atoms with Crippen molar-refractivity contribution in [2.45, 2.75) is 0 Å². The molecule has 10 heavy (non-hydrogen) atoms. The van der Waals surface area contributed by atoms with E-state index in [9.17, 15) is 4.39 Å². The first-order valence-corrected chi connectivity index (χ1v) is 3.75. The van der Waals surface area contributed by atoms with Crippen molar-refractivity contribution in [2.75, 3.05) is 0 Å². The molecule has 0 aliphatic carbocycles. The van der Waals surface area contributed by atoms with Crippen molar-refractivity contribution in [1.29, 1.82) is 0 Å². The fraction of sp³-hybridized carbons (Fsp3) is 0. The van der Waals surface area contributed by atoms with Crippen LogP contribution in [0.4, 0.5) is 4.39 Å². The summed E-state index contributed by atoms with van der Waals surface area (Å²) in [4.78, 5) is 0. The van der Waals surface area contributed by atoms with Crippen molar-refractivity contribution in [3.8, 4) is 0 Å². The van der Waals surface area contributed by atoms with Crippen LogP contribution in [0.2, 0.25) is 5.02 Å². The van der Waals surface area contributed by atoms with Gasteiger partial charge in [0.25, 0.3) is 0 Å². The number of hydrogen-bond donors (Lipinski definition) is 0. The van der Waals surface area contributed by atoms with E-state index >= 15 is 0 Å². The minimum absolute atomic E-state index is 0.104. The zero-order valence-corrected chi connectivity index (χ0v) is 7.34. The van der Waals surface area contributed by atoms with Gasteiger partial charge in [-0.05, 0) is 40.5 Å². The number of halogens is 3. The zero-order chi connectivity index (χ0) is 7.72. The van der Waals surface area contributed by atoms with Gasteiger partial charge in [-0.3, -0.25) is 0 Å². The molecule has 0 N–H and O–H groups in total. The van der Waals surface area contributed by atoms with Gasteiger partial charge in [0.05, 0.1) is 5.02 Å². The Labute approximate surface area is 72.1 Å². The van der Waals surface area contributed by atoms with Gasteiger partial charge >= 0.3 is 0 Å². The first kappa shape index (κ1) is 8.02. The number of hydrogen-bond acceptors (Lipinski definition) is 0. The van der Waals surface area contributed by atoms with Gasteiger partial charge < -0.3 is 0 Å². The molecule has 53 valence electrons. The molecule has 1 radical (unpaired) electrons. The van der Waals surface area contributed by atoms with E-state index in [0.717, 1.165) is 0 Å². The summed E-state index contributed by atoms with van der Waals surface area (Å²) in [6.07, 6.45) is 0. The second-order valence-corrected chi connectivity index (χ2v) is 3.11. The predicted octanol–water partition coefficient (Wildman–Crippen LogP) is 3.42. The summed E-state index contributed by atoms with van der Waals surface area (Å²) in [6, 6.07) is 2.94. The molecule has 0 heterocycles. The second kappa shape index (κ2) is 2.89. The minimum Gasteiger partial charge on any atom is -0.205 e. The van der Waals surface area contributed by atoms with Crippen molar-refractivity contribution in [2.24, 2.45) is 0 Å². The van der Waals surface area contributed by atoms with E-state index in [-0.39, 0.29) is 5.02 Å². The maximum absolute atomic E-state index is 12.6. The SMILES string of the molecule is [CH2]c1cc(F)c(Cl)c(Br)c1. The Kier molecular flexibility index (Phi) is 2.32. The van der Waals surface area contributed by atoms with E-state index in [1.54, 1.807) is 6.07 Å². The fourth-order valence-electron chi connectivity index (χ4n) is 0.608. The molecule has 0 bridgehead atoms. The van der Waals surface area contributed by atoms with E-state index < -0.39 is 5.82 Å². The van der Waals surface area contributed by atoms with Gasteiger partial charge in [0.15, 0.2) is 0 Å². The molecule has 0 nitrogen and oxygen atoms in total. The predicted molar refractivity (Wildman–Crippen MR) is 43.6 cm³/mol. The topological polar surface area (TPSA) is 0 Å². The molecule has 0 saturated carbocycles. The van der Waals surface area contributed by atoms with Crippen LogP contribution in [0, 0.1) is 12.7 Å². The molecule has 0 aromatic heterocycles. The molecule has 0 unspecified atom stereocenters. The standard InChI is InChI=1S/C7H4BrClF/c1-4-2-5(8)7(9)6(10)3-4/h2-3H,1H2. The largest absolute Gasteiger partial charge is 0.205 e. The Morgan fingerprint density at radius 1 is 1.50 bits per heavy atom. The van der Waals surface area contributed by atoms with Gasteiger partial charge in [-0.1, -0.05) is 11.6 Å². The van der Waals surface area contributed by atoms with Gasteiger partial charge in [-0.2, -0.15) is 0 Å². The van der Waals surface area contributed by atoms with Crippen molar-refractivity contribution in [3.63, 3.8) is 0 Å². The van der Waals surface area contributed by atoms with E-state index in [1.165, 1.54) is 6.07 Å². The Morgan fingerprint density at radius 3 is 2.60 bits per heavy atom. The van der Waals surface area contributed by atoms with Crippen molar-refractivity contribution in [1.82, 2.24) is 0 Å². The lowest BCUT2D eigenvalue weighted by molar-refractivity contribution is 0.627. The average molecular weight is 222 g/mol. The van der Waals surface area contributed by atoms with Crippen molar-refractivity contribution in [3.05, 3.63) is 39.9 Å². The lowest BCUT2D eigenvalue weighted by atomic mass is 10.2. The third-order valence-corrected chi connectivity index (χ3v) is 2.28. The van der Waals surface area contributed by atoms with Crippen LogP contribution in [0.1, 0.15) is 5.56 Å². The molecule has 0 fully saturated rings. The first-order valence-electron chi connectivity index (χ1n) is 2.58. The molecule has 1 aromatic carbocycles. The highest BCUT2D eigenvalue weighted by atomic mass is 79.9. The second-order valence-electron chi connectivity index (χ2n) is 1.87. The maximum atomic E-state index is 12.6. The Balaban J connectivity index is 3.31. The summed E-state index contributed by atoms with van der Waals surface area (Å²) in [7, 11) is 0. The molecule has 1 aromatic rings. The Bertz CT molecular complexity index is 237. The normalized spacial score (nSPS) is 10.0. The summed E-state index contributed by atoms with van der Waals surface area (Å²) in [5.74, 6) is -0.443. The van der Waals surface area contributed by atoms with Crippen LogP contribution in [0.3, 0.4) is 0 Å². The average Bonchev–Trinajstić information content (AvgIpc) is 1.82. The summed E-state index contributed by atoms with van der Waals surface area (Å²) in [5, 5.41) is 0.104. The molecule has 3 heteroatoms. The highest BCUT2D eigenvalue weighted by molar-refractivity contribution is 9.10.